The summed E-state index contributed by atoms with van der Waals surface area (Å²) in [6.07, 6.45) is 8.39. The summed E-state index contributed by atoms with van der Waals surface area (Å²) >= 11 is 0. The fraction of sp³-hybridized carbons (Fsp3) is 0.600. The first-order valence-electron chi connectivity index (χ1n) is 8.99. The Morgan fingerprint density at radius 2 is 2.00 bits per heavy atom. The highest BCUT2D eigenvalue weighted by atomic mass is 16.5. The predicted octanol–water partition coefficient (Wildman–Crippen LogP) is 3.45. The highest BCUT2D eigenvalue weighted by Crippen LogP contribution is 2.40. The van der Waals surface area contributed by atoms with Crippen LogP contribution in [0.3, 0.4) is 0 Å². The van der Waals surface area contributed by atoms with Crippen molar-refractivity contribution in [3.05, 3.63) is 35.4 Å². The van der Waals surface area contributed by atoms with Crippen molar-refractivity contribution in [2.24, 2.45) is 5.41 Å². The lowest BCUT2D eigenvalue weighted by atomic mass is 9.78. The standard InChI is InChI=1S/C20H28N2O/c1-19(2)7-6-16-4-3-5-17(18(16)23-19)14-22-13-10-20(15-22)8-11-21-12-9-20/h3-7,21H,8-15H2,1-2H3. The van der Waals surface area contributed by atoms with Crippen molar-refractivity contribution in [2.75, 3.05) is 26.2 Å². The molecule has 1 N–H and O–H groups in total. The molecule has 1 spiro atoms. The Balaban J connectivity index is 1.51. The van der Waals surface area contributed by atoms with Gasteiger partial charge in [-0.3, -0.25) is 4.90 Å². The zero-order valence-electron chi connectivity index (χ0n) is 14.4. The van der Waals surface area contributed by atoms with E-state index in [1.54, 1.807) is 0 Å². The van der Waals surface area contributed by atoms with E-state index in [9.17, 15) is 0 Å². The molecule has 3 aliphatic rings. The van der Waals surface area contributed by atoms with Gasteiger partial charge in [0.1, 0.15) is 11.4 Å². The summed E-state index contributed by atoms with van der Waals surface area (Å²) < 4.78 is 6.27. The van der Waals surface area contributed by atoms with E-state index in [1.165, 1.54) is 56.6 Å². The molecule has 3 heterocycles. The van der Waals surface area contributed by atoms with Crippen molar-refractivity contribution in [3.8, 4) is 5.75 Å². The Kier molecular flexibility index (Phi) is 3.73. The molecule has 0 saturated carbocycles. The molecule has 0 radical (unpaired) electrons. The van der Waals surface area contributed by atoms with Crippen LogP contribution in [0, 0.1) is 5.41 Å². The average Bonchev–Trinajstić information content (AvgIpc) is 2.90. The summed E-state index contributed by atoms with van der Waals surface area (Å²) in [5, 5.41) is 3.50. The molecular formula is C20H28N2O. The first kappa shape index (κ1) is 15.2. The zero-order chi connectivity index (χ0) is 15.9. The summed E-state index contributed by atoms with van der Waals surface area (Å²) in [6.45, 7) is 10.1. The van der Waals surface area contributed by atoms with E-state index >= 15 is 0 Å². The van der Waals surface area contributed by atoms with E-state index in [0.717, 1.165) is 12.3 Å². The van der Waals surface area contributed by atoms with Crippen molar-refractivity contribution in [1.82, 2.24) is 10.2 Å². The van der Waals surface area contributed by atoms with E-state index in [1.807, 2.05) is 0 Å². The maximum atomic E-state index is 6.27. The molecule has 1 aromatic carbocycles. The van der Waals surface area contributed by atoms with Crippen LogP contribution >= 0.6 is 0 Å². The van der Waals surface area contributed by atoms with Crippen molar-refractivity contribution in [1.29, 1.82) is 0 Å². The van der Waals surface area contributed by atoms with E-state index < -0.39 is 0 Å². The molecule has 3 aliphatic heterocycles. The monoisotopic (exact) mass is 312 g/mol. The number of fused-ring (bicyclic) bond motifs is 1. The lowest BCUT2D eigenvalue weighted by Crippen LogP contribution is -2.38. The molecule has 0 atom stereocenters. The molecule has 0 amide bonds. The minimum atomic E-state index is -0.204. The first-order valence-corrected chi connectivity index (χ1v) is 8.99. The second-order valence-electron chi connectivity index (χ2n) is 8.08. The van der Waals surface area contributed by atoms with Gasteiger partial charge in [-0.1, -0.05) is 24.3 Å². The van der Waals surface area contributed by atoms with Crippen LogP contribution in [-0.4, -0.2) is 36.7 Å². The smallest absolute Gasteiger partial charge is 0.132 e. The van der Waals surface area contributed by atoms with Gasteiger partial charge in [-0.15, -0.1) is 0 Å². The van der Waals surface area contributed by atoms with Gasteiger partial charge in [0.05, 0.1) is 0 Å². The van der Waals surface area contributed by atoms with E-state index in [2.05, 4.69) is 54.4 Å². The van der Waals surface area contributed by atoms with Crippen molar-refractivity contribution >= 4 is 6.08 Å². The Hall–Kier alpha value is -1.32. The van der Waals surface area contributed by atoms with E-state index in [0.29, 0.717) is 5.41 Å². The van der Waals surface area contributed by atoms with Crippen molar-refractivity contribution in [3.63, 3.8) is 0 Å². The normalized spacial score (nSPS) is 25.3. The summed E-state index contributed by atoms with van der Waals surface area (Å²) in [4.78, 5) is 2.63. The summed E-state index contributed by atoms with van der Waals surface area (Å²) in [6, 6.07) is 6.56. The quantitative estimate of drug-likeness (QED) is 0.905. The van der Waals surface area contributed by atoms with Gasteiger partial charge in [-0.2, -0.15) is 0 Å². The van der Waals surface area contributed by atoms with Gasteiger partial charge in [0.15, 0.2) is 0 Å². The number of nitrogens with zero attached hydrogens (tertiary/aromatic N) is 1. The predicted molar refractivity (Wildman–Crippen MR) is 94.6 cm³/mol. The molecular weight excluding hydrogens is 284 g/mol. The molecule has 124 valence electrons. The third-order valence-corrected chi connectivity index (χ3v) is 5.73. The second-order valence-corrected chi connectivity index (χ2v) is 8.08. The number of piperidine rings is 1. The maximum absolute atomic E-state index is 6.27. The van der Waals surface area contributed by atoms with Gasteiger partial charge in [0.2, 0.25) is 0 Å². The van der Waals surface area contributed by atoms with Crippen LogP contribution in [0.15, 0.2) is 24.3 Å². The number of hydrogen-bond acceptors (Lipinski definition) is 3. The number of nitrogens with one attached hydrogen (secondary N) is 1. The largest absolute Gasteiger partial charge is 0.483 e. The number of hydrogen-bond donors (Lipinski definition) is 1. The summed E-state index contributed by atoms with van der Waals surface area (Å²) in [7, 11) is 0. The highest BCUT2D eigenvalue weighted by molar-refractivity contribution is 5.63. The number of ether oxygens (including phenoxy) is 1. The van der Waals surface area contributed by atoms with Crippen LogP contribution in [0.5, 0.6) is 5.75 Å². The fourth-order valence-electron chi connectivity index (χ4n) is 4.34. The van der Waals surface area contributed by atoms with Crippen molar-refractivity contribution in [2.45, 2.75) is 45.3 Å². The van der Waals surface area contributed by atoms with Crippen LogP contribution in [0.4, 0.5) is 0 Å². The van der Waals surface area contributed by atoms with Gasteiger partial charge in [-0.05, 0) is 64.2 Å². The number of benzene rings is 1. The average molecular weight is 312 g/mol. The molecule has 3 heteroatoms. The molecule has 1 aromatic rings. The minimum Gasteiger partial charge on any atom is -0.483 e. The molecule has 0 bridgehead atoms. The topological polar surface area (TPSA) is 24.5 Å². The third-order valence-electron chi connectivity index (χ3n) is 5.73. The maximum Gasteiger partial charge on any atom is 0.132 e. The molecule has 0 aromatic heterocycles. The van der Waals surface area contributed by atoms with Crippen LogP contribution < -0.4 is 10.1 Å². The van der Waals surface area contributed by atoms with E-state index in [-0.39, 0.29) is 5.60 Å². The Morgan fingerprint density at radius 1 is 1.17 bits per heavy atom. The molecule has 23 heavy (non-hydrogen) atoms. The molecule has 4 rings (SSSR count). The van der Waals surface area contributed by atoms with Crippen molar-refractivity contribution < 1.29 is 4.74 Å². The fourth-order valence-corrected chi connectivity index (χ4v) is 4.34. The number of likely N-dealkylation sites (tertiary alicyclic amines) is 1. The Labute approximate surface area is 139 Å². The van der Waals surface area contributed by atoms with Crippen LogP contribution in [0.1, 0.15) is 44.2 Å². The molecule has 2 fully saturated rings. The van der Waals surface area contributed by atoms with Crippen LogP contribution in [0.2, 0.25) is 0 Å². The molecule has 3 nitrogen and oxygen atoms in total. The summed E-state index contributed by atoms with van der Waals surface area (Å²) in [5.41, 5.74) is 2.92. The molecule has 2 saturated heterocycles. The molecule has 0 aliphatic carbocycles. The second kappa shape index (κ2) is 5.64. The van der Waals surface area contributed by atoms with E-state index in [4.69, 9.17) is 4.74 Å². The third kappa shape index (κ3) is 3.05. The van der Waals surface area contributed by atoms with Gasteiger partial charge in [0, 0.05) is 24.2 Å². The summed E-state index contributed by atoms with van der Waals surface area (Å²) in [5.74, 6) is 1.09. The van der Waals surface area contributed by atoms with Gasteiger partial charge in [-0.25, -0.2) is 0 Å². The molecule has 0 unspecified atom stereocenters. The number of rotatable bonds is 2. The number of para-hydroxylation sites is 1. The highest BCUT2D eigenvalue weighted by Gasteiger charge is 2.39. The Morgan fingerprint density at radius 3 is 2.83 bits per heavy atom. The van der Waals surface area contributed by atoms with Crippen LogP contribution in [-0.2, 0) is 6.54 Å². The Bertz CT molecular complexity index is 614. The first-order chi connectivity index (χ1) is 11.1. The van der Waals surface area contributed by atoms with Gasteiger partial charge >= 0.3 is 0 Å². The van der Waals surface area contributed by atoms with Gasteiger partial charge < -0.3 is 10.1 Å². The SMILES string of the molecule is CC1(C)C=Cc2cccc(CN3CCC4(CCNCC4)C3)c2O1. The minimum absolute atomic E-state index is 0.204. The lowest BCUT2D eigenvalue weighted by molar-refractivity contribution is 0.153. The zero-order valence-corrected chi connectivity index (χ0v) is 14.4. The van der Waals surface area contributed by atoms with Gasteiger partial charge in [0.25, 0.3) is 0 Å². The van der Waals surface area contributed by atoms with Crippen LogP contribution in [0.25, 0.3) is 6.08 Å². The lowest BCUT2D eigenvalue weighted by Gasteiger charge is -2.34.